The smallest absolute Gasteiger partial charge is 0.347 e. The third kappa shape index (κ3) is 5.06. The van der Waals surface area contributed by atoms with Crippen molar-refractivity contribution in [1.29, 1.82) is 0 Å². The standard InChI is InChI=1S/C21H21ClN2O5/c1-13-11-19(25)23-17-5-3-4-6-18(17)24(13)20(26)12-28-21(27)14(2)29-16-9-7-15(22)8-10-16/h3-10,13-14H,11-12H2,1-2H3,(H,23,25)/t13-,14+/m1/s1. The Kier molecular flexibility index (Phi) is 6.39. The van der Waals surface area contributed by atoms with E-state index in [4.69, 9.17) is 21.1 Å². The highest BCUT2D eigenvalue weighted by molar-refractivity contribution is 6.30. The lowest BCUT2D eigenvalue weighted by Gasteiger charge is -2.27. The Morgan fingerprint density at radius 1 is 1.21 bits per heavy atom. The number of halogens is 1. The Morgan fingerprint density at radius 3 is 2.62 bits per heavy atom. The molecule has 1 heterocycles. The van der Waals surface area contributed by atoms with Gasteiger partial charge in [-0.15, -0.1) is 0 Å². The fourth-order valence-corrected chi connectivity index (χ4v) is 3.18. The Bertz CT molecular complexity index is 916. The van der Waals surface area contributed by atoms with Gasteiger partial charge in [0.25, 0.3) is 5.91 Å². The first-order chi connectivity index (χ1) is 13.8. The lowest BCUT2D eigenvalue weighted by atomic mass is 10.1. The molecule has 7 nitrogen and oxygen atoms in total. The summed E-state index contributed by atoms with van der Waals surface area (Å²) in [5.74, 6) is -0.807. The zero-order chi connectivity index (χ0) is 21.0. The predicted molar refractivity (Wildman–Crippen MR) is 109 cm³/mol. The van der Waals surface area contributed by atoms with Crippen LogP contribution in [0.3, 0.4) is 0 Å². The topological polar surface area (TPSA) is 84.9 Å². The quantitative estimate of drug-likeness (QED) is 0.755. The molecule has 0 saturated heterocycles. The number of hydrogen-bond donors (Lipinski definition) is 1. The summed E-state index contributed by atoms with van der Waals surface area (Å²) in [4.78, 5) is 38.5. The number of ether oxygens (including phenoxy) is 2. The van der Waals surface area contributed by atoms with Crippen LogP contribution in [0.4, 0.5) is 11.4 Å². The van der Waals surface area contributed by atoms with E-state index in [9.17, 15) is 14.4 Å². The molecule has 0 aliphatic carbocycles. The first kappa shape index (κ1) is 20.7. The minimum Gasteiger partial charge on any atom is -0.479 e. The maximum Gasteiger partial charge on any atom is 0.347 e. The second-order valence-corrected chi connectivity index (χ2v) is 7.14. The van der Waals surface area contributed by atoms with Crippen molar-refractivity contribution >= 4 is 40.8 Å². The summed E-state index contributed by atoms with van der Waals surface area (Å²) >= 11 is 5.82. The molecule has 0 unspecified atom stereocenters. The number of nitrogens with one attached hydrogen (secondary N) is 1. The minimum absolute atomic E-state index is 0.143. The van der Waals surface area contributed by atoms with Crippen LogP contribution in [0.25, 0.3) is 0 Å². The Balaban J connectivity index is 1.64. The number of carbonyl (C=O) groups is 3. The predicted octanol–water partition coefficient (Wildman–Crippen LogP) is 3.41. The molecule has 2 aromatic rings. The van der Waals surface area contributed by atoms with Crippen LogP contribution in [0.2, 0.25) is 5.02 Å². The highest BCUT2D eigenvalue weighted by Gasteiger charge is 2.30. The third-order valence-corrected chi connectivity index (χ3v) is 4.68. The number of nitrogens with zero attached hydrogens (tertiary/aromatic N) is 1. The van der Waals surface area contributed by atoms with Crippen molar-refractivity contribution in [3.63, 3.8) is 0 Å². The van der Waals surface area contributed by atoms with Crippen LogP contribution in [-0.4, -0.2) is 36.5 Å². The van der Waals surface area contributed by atoms with Gasteiger partial charge in [-0.25, -0.2) is 4.79 Å². The number of carbonyl (C=O) groups excluding carboxylic acids is 3. The monoisotopic (exact) mass is 416 g/mol. The lowest BCUT2D eigenvalue weighted by Crippen LogP contribution is -2.42. The Hall–Kier alpha value is -3.06. The van der Waals surface area contributed by atoms with Gasteiger partial charge in [0.05, 0.1) is 11.4 Å². The van der Waals surface area contributed by atoms with Crippen molar-refractivity contribution in [3.8, 4) is 5.75 Å². The van der Waals surface area contributed by atoms with Gasteiger partial charge in [-0.1, -0.05) is 23.7 Å². The van der Waals surface area contributed by atoms with E-state index in [0.717, 1.165) is 0 Å². The van der Waals surface area contributed by atoms with E-state index in [2.05, 4.69) is 5.32 Å². The van der Waals surface area contributed by atoms with Crippen LogP contribution in [0, 0.1) is 0 Å². The van der Waals surface area contributed by atoms with Gasteiger partial charge in [-0.2, -0.15) is 0 Å². The summed E-state index contributed by atoms with van der Waals surface area (Å²) in [6.45, 7) is 2.85. The molecular weight excluding hydrogens is 396 g/mol. The molecule has 152 valence electrons. The van der Waals surface area contributed by atoms with Crippen molar-refractivity contribution in [2.45, 2.75) is 32.4 Å². The number of para-hydroxylation sites is 2. The number of amides is 2. The van der Waals surface area contributed by atoms with Gasteiger partial charge >= 0.3 is 5.97 Å². The van der Waals surface area contributed by atoms with Gasteiger partial charge in [0.1, 0.15) is 5.75 Å². The first-order valence-electron chi connectivity index (χ1n) is 9.15. The number of anilines is 2. The second kappa shape index (κ2) is 8.96. The molecule has 2 amide bonds. The number of hydrogen-bond acceptors (Lipinski definition) is 5. The van der Waals surface area contributed by atoms with Crippen molar-refractivity contribution in [2.75, 3.05) is 16.8 Å². The number of benzene rings is 2. The average Bonchev–Trinajstić information content (AvgIpc) is 2.81. The van der Waals surface area contributed by atoms with Crippen LogP contribution < -0.4 is 15.0 Å². The number of fused-ring (bicyclic) bond motifs is 1. The summed E-state index contributed by atoms with van der Waals surface area (Å²) in [5, 5.41) is 3.34. The fourth-order valence-electron chi connectivity index (χ4n) is 3.05. The van der Waals surface area contributed by atoms with Gasteiger partial charge in [-0.05, 0) is 50.2 Å². The molecular formula is C21H21ClN2O5. The fraction of sp³-hybridized carbons (Fsp3) is 0.286. The summed E-state index contributed by atoms with van der Waals surface area (Å²) in [7, 11) is 0. The van der Waals surface area contributed by atoms with Gasteiger partial charge in [0, 0.05) is 17.5 Å². The molecule has 0 bridgehead atoms. The molecule has 8 heteroatoms. The zero-order valence-electron chi connectivity index (χ0n) is 16.1. The molecule has 0 saturated carbocycles. The van der Waals surface area contributed by atoms with E-state index in [1.165, 1.54) is 11.8 Å². The molecule has 2 atom stereocenters. The van der Waals surface area contributed by atoms with Gasteiger partial charge in [-0.3, -0.25) is 9.59 Å². The van der Waals surface area contributed by atoms with E-state index < -0.39 is 24.6 Å². The summed E-state index contributed by atoms with van der Waals surface area (Å²) < 4.78 is 10.7. The minimum atomic E-state index is -0.902. The largest absolute Gasteiger partial charge is 0.479 e. The van der Waals surface area contributed by atoms with E-state index in [1.807, 2.05) is 0 Å². The van der Waals surface area contributed by atoms with Gasteiger partial charge < -0.3 is 19.7 Å². The van der Waals surface area contributed by atoms with Crippen LogP contribution in [0.5, 0.6) is 5.75 Å². The van der Waals surface area contributed by atoms with Crippen LogP contribution in [0.15, 0.2) is 48.5 Å². The van der Waals surface area contributed by atoms with E-state index in [-0.39, 0.29) is 18.4 Å². The molecule has 2 aromatic carbocycles. The normalized spacial score (nSPS) is 16.9. The molecule has 1 N–H and O–H groups in total. The molecule has 3 rings (SSSR count). The van der Waals surface area contributed by atoms with E-state index in [0.29, 0.717) is 22.1 Å². The van der Waals surface area contributed by atoms with Crippen LogP contribution >= 0.6 is 11.6 Å². The summed E-state index contributed by atoms with van der Waals surface area (Å²) in [6.07, 6.45) is -0.758. The third-order valence-electron chi connectivity index (χ3n) is 4.42. The Morgan fingerprint density at radius 2 is 1.90 bits per heavy atom. The molecule has 0 radical (unpaired) electrons. The number of esters is 1. The maximum atomic E-state index is 12.8. The first-order valence-corrected chi connectivity index (χ1v) is 9.52. The maximum absolute atomic E-state index is 12.8. The molecule has 0 spiro atoms. The van der Waals surface area contributed by atoms with Crippen LogP contribution in [0.1, 0.15) is 20.3 Å². The molecule has 1 aliphatic heterocycles. The van der Waals surface area contributed by atoms with Gasteiger partial charge in [0.15, 0.2) is 12.7 Å². The number of rotatable bonds is 5. The molecule has 0 aromatic heterocycles. The Labute approximate surface area is 173 Å². The van der Waals surface area contributed by atoms with E-state index >= 15 is 0 Å². The van der Waals surface area contributed by atoms with E-state index in [1.54, 1.807) is 55.5 Å². The highest BCUT2D eigenvalue weighted by Crippen LogP contribution is 2.31. The zero-order valence-corrected chi connectivity index (χ0v) is 16.8. The SMILES string of the molecule is C[C@H](Oc1ccc(Cl)cc1)C(=O)OCC(=O)N1c2ccccc2NC(=O)C[C@H]1C. The van der Waals surface area contributed by atoms with Gasteiger partial charge in [0.2, 0.25) is 5.91 Å². The van der Waals surface area contributed by atoms with Crippen LogP contribution in [-0.2, 0) is 19.1 Å². The molecule has 29 heavy (non-hydrogen) atoms. The van der Waals surface area contributed by atoms with Crippen molar-refractivity contribution < 1.29 is 23.9 Å². The lowest BCUT2D eigenvalue weighted by molar-refractivity contribution is -0.154. The summed E-state index contributed by atoms with van der Waals surface area (Å²) in [5.41, 5.74) is 1.11. The second-order valence-electron chi connectivity index (χ2n) is 6.70. The van der Waals surface area contributed by atoms with Crippen molar-refractivity contribution in [2.24, 2.45) is 0 Å². The highest BCUT2D eigenvalue weighted by atomic mass is 35.5. The summed E-state index contributed by atoms with van der Waals surface area (Å²) in [6, 6.07) is 13.2. The van der Waals surface area contributed by atoms with Crippen molar-refractivity contribution in [1.82, 2.24) is 0 Å². The molecule has 1 aliphatic rings. The van der Waals surface area contributed by atoms with Crippen molar-refractivity contribution in [3.05, 3.63) is 53.6 Å². The average molecular weight is 417 g/mol. The molecule has 0 fully saturated rings.